The molecule has 0 spiro atoms. The highest BCUT2D eigenvalue weighted by Crippen LogP contribution is 2.40. The highest BCUT2D eigenvalue weighted by molar-refractivity contribution is 5.98. The van der Waals surface area contributed by atoms with Crippen molar-refractivity contribution < 1.29 is 48.1 Å². The minimum Gasteiger partial charge on any atom is -0.492 e. The maximum Gasteiger partial charge on any atom is 0.305 e. The molecule has 0 radical (unpaired) electrons. The number of nitrogens with two attached hydrogens (primary N) is 3. The number of aliphatic carboxylic acids is 1. The molecule has 1 heterocycles. The summed E-state index contributed by atoms with van der Waals surface area (Å²) in [6.45, 7) is 3.25. The Morgan fingerprint density at radius 1 is 0.848 bits per heavy atom. The summed E-state index contributed by atoms with van der Waals surface area (Å²) in [4.78, 5) is 95.2. The molecule has 0 saturated heterocycles. The normalized spacial score (nSPS) is 16.8. The number of fused-ring (bicyclic) bond motifs is 5. The smallest absolute Gasteiger partial charge is 0.305 e. The highest BCUT2D eigenvalue weighted by Gasteiger charge is 2.37. The van der Waals surface area contributed by atoms with Crippen molar-refractivity contribution in [1.82, 2.24) is 31.5 Å². The number of nitriles is 1. The quantitative estimate of drug-likeness (QED) is 0.0471. The van der Waals surface area contributed by atoms with Gasteiger partial charge in [0.1, 0.15) is 61.5 Å². The maximum absolute atomic E-state index is 14.5. The van der Waals surface area contributed by atoms with E-state index in [0.717, 1.165) is 30.6 Å². The number of hydrogen-bond donors (Lipinski definition) is 9. The lowest BCUT2D eigenvalue weighted by Gasteiger charge is -2.32. The van der Waals surface area contributed by atoms with Gasteiger partial charge in [-0.05, 0) is 48.7 Å². The van der Waals surface area contributed by atoms with E-state index in [1.165, 1.54) is 39.7 Å². The third-order valence-corrected chi connectivity index (χ3v) is 10.9. The topological polar surface area (TPSA) is 323 Å². The first-order valence-electron chi connectivity index (χ1n) is 22.7. The van der Waals surface area contributed by atoms with E-state index < -0.39 is 84.6 Å². The number of carbonyl (C=O) groups excluding carboxylic acids is 6. The van der Waals surface area contributed by atoms with Crippen molar-refractivity contribution in [1.29, 1.82) is 5.26 Å². The first-order valence-corrected chi connectivity index (χ1v) is 22.7. The van der Waals surface area contributed by atoms with Crippen LogP contribution in [-0.2, 0) is 40.0 Å². The molecule has 12 N–H and O–H groups in total. The molecule has 2 aromatic rings. The van der Waals surface area contributed by atoms with Crippen LogP contribution in [0.25, 0.3) is 11.1 Å². The van der Waals surface area contributed by atoms with Crippen LogP contribution in [0.3, 0.4) is 0 Å². The molecule has 5 atom stereocenters. The van der Waals surface area contributed by atoms with Crippen molar-refractivity contribution in [3.63, 3.8) is 0 Å². The van der Waals surface area contributed by atoms with Crippen molar-refractivity contribution in [2.45, 2.75) is 121 Å². The molecule has 0 aromatic heterocycles. The molecule has 362 valence electrons. The van der Waals surface area contributed by atoms with Gasteiger partial charge >= 0.3 is 5.97 Å². The number of ether oxygens (including phenoxy) is 2. The molecular weight excluding hydrogens is 853 g/mol. The van der Waals surface area contributed by atoms with Gasteiger partial charge in [0, 0.05) is 50.7 Å². The number of carboxylic acid groups (broad SMARTS) is 1. The van der Waals surface area contributed by atoms with Crippen LogP contribution in [0.15, 0.2) is 36.4 Å². The highest BCUT2D eigenvalue weighted by atomic mass is 16.5. The summed E-state index contributed by atoms with van der Waals surface area (Å²) >= 11 is 0. The number of hydrogen-bond acceptors (Lipinski definition) is 13. The minimum atomic E-state index is -1.54. The number of nitrogens with one attached hydrogen (secondary N) is 5. The summed E-state index contributed by atoms with van der Waals surface area (Å²) in [5, 5.41) is 31.5. The molecule has 66 heavy (non-hydrogen) atoms. The lowest BCUT2D eigenvalue weighted by Crippen LogP contribution is -2.58. The van der Waals surface area contributed by atoms with E-state index in [-0.39, 0.29) is 51.3 Å². The summed E-state index contributed by atoms with van der Waals surface area (Å²) in [5.74, 6) is -5.32. The second kappa shape index (κ2) is 28.6. The van der Waals surface area contributed by atoms with Crippen LogP contribution in [-0.4, -0.2) is 122 Å². The maximum atomic E-state index is 14.5. The molecule has 4 bridgehead atoms. The van der Waals surface area contributed by atoms with Crippen molar-refractivity contribution in [2.24, 2.45) is 17.2 Å². The zero-order valence-corrected chi connectivity index (χ0v) is 38.3. The lowest BCUT2D eigenvalue weighted by atomic mass is 9.93. The molecule has 20 heteroatoms. The molecule has 20 nitrogen and oxygen atoms in total. The van der Waals surface area contributed by atoms with Crippen molar-refractivity contribution >= 4 is 41.4 Å². The van der Waals surface area contributed by atoms with Gasteiger partial charge in [-0.3, -0.25) is 33.6 Å². The van der Waals surface area contributed by atoms with E-state index in [1.54, 1.807) is 36.4 Å². The van der Waals surface area contributed by atoms with Crippen LogP contribution < -0.4 is 53.3 Å². The largest absolute Gasteiger partial charge is 0.492 e. The summed E-state index contributed by atoms with van der Waals surface area (Å²) in [6.07, 6.45) is 8.49. The first-order chi connectivity index (χ1) is 31.7. The fourth-order valence-corrected chi connectivity index (χ4v) is 7.45. The number of benzene rings is 2. The van der Waals surface area contributed by atoms with E-state index in [2.05, 4.69) is 33.5 Å². The SMILES string of the molecule is CCCCCCCCCCCC(=O)NC(CC(=O)O)C(=O)N[C@@H](CN)C(=O)N(C)[C@@H]1C(=O)N[C@@H](C)C(=O)N[C@H](C(=O)NCC#N)Cc2ccc(OCCN)c(c2)-c2cc1ccc2OCCN. The van der Waals surface area contributed by atoms with Gasteiger partial charge in [-0.2, -0.15) is 5.26 Å². The Labute approximate surface area is 386 Å². The number of nitrogens with zero attached hydrogens (tertiary/aromatic N) is 2. The predicted octanol–water partition coefficient (Wildman–Crippen LogP) is 1.04. The zero-order valence-electron chi connectivity index (χ0n) is 38.3. The Balaban J connectivity index is 2.02. The number of carboxylic acids is 1. The predicted molar refractivity (Wildman–Crippen MR) is 245 cm³/mol. The zero-order chi connectivity index (χ0) is 48.6. The number of likely N-dealkylation sites (N-methyl/N-ethyl adjacent to an activating group) is 1. The van der Waals surface area contributed by atoms with Crippen LogP contribution >= 0.6 is 0 Å². The van der Waals surface area contributed by atoms with E-state index in [9.17, 15) is 38.7 Å². The minimum absolute atomic E-state index is 0.0328. The molecule has 3 rings (SSSR count). The van der Waals surface area contributed by atoms with Crippen molar-refractivity contribution in [3.05, 3.63) is 47.5 Å². The van der Waals surface area contributed by atoms with E-state index >= 15 is 0 Å². The Hall–Kier alpha value is -6.30. The van der Waals surface area contributed by atoms with Gasteiger partial charge in [-0.25, -0.2) is 0 Å². The fourth-order valence-electron chi connectivity index (χ4n) is 7.45. The summed E-state index contributed by atoms with van der Waals surface area (Å²) in [6, 6.07) is 4.60. The van der Waals surface area contributed by atoms with Crippen LogP contribution in [0.1, 0.15) is 102 Å². The monoisotopic (exact) mass is 921 g/mol. The molecule has 0 fully saturated rings. The number of amides is 6. The van der Waals surface area contributed by atoms with Gasteiger partial charge < -0.3 is 63.3 Å². The second-order valence-electron chi connectivity index (χ2n) is 16.2. The van der Waals surface area contributed by atoms with Crippen molar-refractivity contribution in [2.75, 3.05) is 46.4 Å². The molecule has 0 saturated carbocycles. The Bertz CT molecular complexity index is 2010. The standard InChI is InChI=1S/C46H68N10O10/c1-4-5-6-7-8-9-10-11-12-13-39(57)53-35(27-40(58)59)44(62)55-36(28-50)46(64)56(3)41-31-15-17-38(66-23-20-49)33(26-31)32-24-30(14-16-37(32)65-22-19-48)25-34(43(61)51-21-18-47)54-42(60)29(2)52-45(41)63/h14-17,24,26,29,34-36,41H,4-13,19-23,25,27-28,48-50H2,1-3H3,(H,51,61)(H,52,63)(H,53,57)(H,54,60)(H,55,62)(H,58,59)/t29-,34-,35?,36-,41-/m0/s1. The average molecular weight is 921 g/mol. The lowest BCUT2D eigenvalue weighted by molar-refractivity contribution is -0.144. The third-order valence-electron chi connectivity index (χ3n) is 10.9. The fraction of sp³-hybridized carbons (Fsp3) is 0.565. The Morgan fingerprint density at radius 3 is 2.05 bits per heavy atom. The summed E-state index contributed by atoms with van der Waals surface area (Å²) in [7, 11) is 1.29. The van der Waals surface area contributed by atoms with E-state index in [1.807, 2.05) is 6.07 Å². The summed E-state index contributed by atoms with van der Waals surface area (Å²) < 4.78 is 12.1. The number of carbonyl (C=O) groups is 7. The van der Waals surface area contributed by atoms with Crippen LogP contribution in [0.5, 0.6) is 11.5 Å². The number of rotatable bonds is 26. The van der Waals surface area contributed by atoms with Gasteiger partial charge in [0.05, 0.1) is 12.5 Å². The van der Waals surface area contributed by atoms with E-state index in [4.69, 9.17) is 31.9 Å². The molecule has 1 aliphatic heterocycles. The Kier molecular flexibility index (Phi) is 23.4. The second-order valence-corrected chi connectivity index (χ2v) is 16.2. The first kappa shape index (κ1) is 54.0. The molecule has 2 aromatic carbocycles. The van der Waals surface area contributed by atoms with Crippen LogP contribution in [0, 0.1) is 11.3 Å². The third kappa shape index (κ3) is 16.9. The van der Waals surface area contributed by atoms with E-state index in [0.29, 0.717) is 34.6 Å². The number of unbranched alkanes of at least 4 members (excludes halogenated alkanes) is 8. The van der Waals surface area contributed by atoms with Crippen molar-refractivity contribution in [3.8, 4) is 28.7 Å². The van der Waals surface area contributed by atoms with Gasteiger partial charge in [-0.1, -0.05) is 70.4 Å². The van der Waals surface area contributed by atoms with Crippen LogP contribution in [0.4, 0.5) is 0 Å². The molecular formula is C46H68N10O10. The molecule has 1 unspecified atom stereocenters. The average Bonchev–Trinajstić information content (AvgIpc) is 3.29. The molecule has 0 aliphatic carbocycles. The molecule has 1 aliphatic rings. The Morgan fingerprint density at radius 2 is 1.45 bits per heavy atom. The van der Waals surface area contributed by atoms with Gasteiger partial charge in [0.15, 0.2) is 0 Å². The molecule has 6 amide bonds. The van der Waals surface area contributed by atoms with Gasteiger partial charge in [0.25, 0.3) is 0 Å². The van der Waals surface area contributed by atoms with Gasteiger partial charge in [-0.15, -0.1) is 0 Å². The van der Waals surface area contributed by atoms with Crippen LogP contribution in [0.2, 0.25) is 0 Å². The van der Waals surface area contributed by atoms with Gasteiger partial charge in [0.2, 0.25) is 35.4 Å². The summed E-state index contributed by atoms with van der Waals surface area (Å²) in [5.41, 5.74) is 19.3.